The molecule has 0 heterocycles. The maximum atomic E-state index is 12.2. The van der Waals surface area contributed by atoms with Crippen LogP contribution in [0.25, 0.3) is 0 Å². The van der Waals surface area contributed by atoms with Crippen molar-refractivity contribution in [2.24, 2.45) is 0 Å². The van der Waals surface area contributed by atoms with Crippen molar-refractivity contribution in [2.75, 3.05) is 0 Å². The highest BCUT2D eigenvalue weighted by atomic mass is 16.3. The van der Waals surface area contributed by atoms with E-state index in [9.17, 15) is 9.90 Å². The van der Waals surface area contributed by atoms with Crippen LogP contribution in [0.1, 0.15) is 36.2 Å². The van der Waals surface area contributed by atoms with Crippen LogP contribution in [-0.4, -0.2) is 16.6 Å². The fraction of sp³-hybridized carbons (Fsp3) is 0.278. The van der Waals surface area contributed by atoms with Crippen molar-refractivity contribution in [1.29, 1.82) is 0 Å². The molecule has 0 fully saturated rings. The Morgan fingerprint density at radius 2 is 1.67 bits per heavy atom. The van der Waals surface area contributed by atoms with E-state index >= 15 is 0 Å². The summed E-state index contributed by atoms with van der Waals surface area (Å²) in [7, 11) is 0. The van der Waals surface area contributed by atoms with Gasteiger partial charge < -0.3 is 10.4 Å². The average molecular weight is 283 g/mol. The molecule has 0 unspecified atom stereocenters. The summed E-state index contributed by atoms with van der Waals surface area (Å²) in [4.78, 5) is 12.2. The Morgan fingerprint density at radius 1 is 1.05 bits per heavy atom. The lowest BCUT2D eigenvalue weighted by Crippen LogP contribution is -2.43. The van der Waals surface area contributed by atoms with Crippen LogP contribution < -0.4 is 5.32 Å². The first-order valence-electron chi connectivity index (χ1n) is 7.12. The standard InChI is InChI=1S/C18H21NO2/c1-18(2,13-12-14-8-4-3-5-9-14)19-17(21)15-10-6-7-11-16(15)20/h3-11,20H,12-13H2,1-2H3,(H,19,21). The van der Waals surface area contributed by atoms with Crippen LogP contribution in [0.4, 0.5) is 0 Å². The number of carbonyl (C=O) groups excluding carboxylic acids is 1. The van der Waals surface area contributed by atoms with Crippen molar-refractivity contribution < 1.29 is 9.90 Å². The number of hydrogen-bond donors (Lipinski definition) is 2. The molecule has 3 nitrogen and oxygen atoms in total. The van der Waals surface area contributed by atoms with Gasteiger partial charge in [0.05, 0.1) is 5.56 Å². The summed E-state index contributed by atoms with van der Waals surface area (Å²) in [5, 5.41) is 12.7. The molecular formula is C18H21NO2. The van der Waals surface area contributed by atoms with Crippen LogP contribution in [-0.2, 0) is 6.42 Å². The molecule has 0 spiro atoms. The van der Waals surface area contributed by atoms with E-state index in [0.29, 0.717) is 5.56 Å². The molecule has 21 heavy (non-hydrogen) atoms. The summed E-state index contributed by atoms with van der Waals surface area (Å²) in [6.45, 7) is 3.99. The molecule has 2 aromatic rings. The first kappa shape index (κ1) is 15.1. The lowest BCUT2D eigenvalue weighted by Gasteiger charge is -2.26. The molecule has 0 atom stereocenters. The minimum absolute atomic E-state index is 0.00820. The van der Waals surface area contributed by atoms with E-state index in [-0.39, 0.29) is 17.2 Å². The number of aromatic hydroxyl groups is 1. The van der Waals surface area contributed by atoms with E-state index in [2.05, 4.69) is 17.4 Å². The van der Waals surface area contributed by atoms with Gasteiger partial charge in [-0.15, -0.1) is 0 Å². The molecule has 0 saturated heterocycles. The first-order chi connectivity index (χ1) is 9.98. The summed E-state index contributed by atoms with van der Waals surface area (Å²) >= 11 is 0. The van der Waals surface area contributed by atoms with Crippen molar-refractivity contribution in [3.8, 4) is 5.75 Å². The van der Waals surface area contributed by atoms with E-state index in [1.54, 1.807) is 18.2 Å². The van der Waals surface area contributed by atoms with Crippen LogP contribution in [0.3, 0.4) is 0 Å². The molecule has 3 heteroatoms. The van der Waals surface area contributed by atoms with Gasteiger partial charge in [-0.1, -0.05) is 42.5 Å². The van der Waals surface area contributed by atoms with E-state index in [1.165, 1.54) is 11.6 Å². The second-order valence-corrected chi connectivity index (χ2v) is 5.84. The third-order valence-electron chi connectivity index (χ3n) is 3.48. The first-order valence-corrected chi connectivity index (χ1v) is 7.12. The summed E-state index contributed by atoms with van der Waals surface area (Å²) in [5.74, 6) is -0.236. The predicted octanol–water partition coefficient (Wildman–Crippen LogP) is 3.53. The molecular weight excluding hydrogens is 262 g/mol. The fourth-order valence-electron chi connectivity index (χ4n) is 2.20. The second-order valence-electron chi connectivity index (χ2n) is 5.84. The Bertz CT molecular complexity index is 606. The molecule has 2 rings (SSSR count). The van der Waals surface area contributed by atoms with Crippen molar-refractivity contribution >= 4 is 5.91 Å². The van der Waals surface area contributed by atoms with Crippen LogP contribution >= 0.6 is 0 Å². The Balaban J connectivity index is 1.97. The van der Waals surface area contributed by atoms with E-state index in [1.807, 2.05) is 32.0 Å². The number of phenolic OH excluding ortho intramolecular Hbond substituents is 1. The molecule has 0 aliphatic rings. The van der Waals surface area contributed by atoms with Crippen LogP contribution in [0.15, 0.2) is 54.6 Å². The zero-order chi connectivity index (χ0) is 15.3. The molecule has 1 amide bonds. The van der Waals surface area contributed by atoms with Crippen molar-refractivity contribution in [1.82, 2.24) is 5.32 Å². The summed E-state index contributed by atoms with van der Waals surface area (Å²) in [5.41, 5.74) is 1.22. The van der Waals surface area contributed by atoms with E-state index in [4.69, 9.17) is 0 Å². The van der Waals surface area contributed by atoms with Gasteiger partial charge in [0, 0.05) is 5.54 Å². The molecule has 0 aliphatic carbocycles. The summed E-state index contributed by atoms with van der Waals surface area (Å²) in [6.07, 6.45) is 1.73. The third kappa shape index (κ3) is 4.35. The predicted molar refractivity (Wildman–Crippen MR) is 84.4 cm³/mol. The number of nitrogens with one attached hydrogen (secondary N) is 1. The van der Waals surface area contributed by atoms with Crippen LogP contribution in [0.5, 0.6) is 5.75 Å². The second kappa shape index (κ2) is 6.44. The largest absolute Gasteiger partial charge is 0.507 e. The Kier molecular flexibility index (Phi) is 4.63. The molecule has 0 radical (unpaired) electrons. The van der Waals surface area contributed by atoms with Crippen molar-refractivity contribution in [2.45, 2.75) is 32.2 Å². The smallest absolute Gasteiger partial charge is 0.255 e. The van der Waals surface area contributed by atoms with Crippen molar-refractivity contribution in [3.63, 3.8) is 0 Å². The van der Waals surface area contributed by atoms with E-state index in [0.717, 1.165) is 12.8 Å². The van der Waals surface area contributed by atoms with Crippen LogP contribution in [0.2, 0.25) is 0 Å². The lowest BCUT2D eigenvalue weighted by molar-refractivity contribution is 0.0906. The molecule has 0 aliphatic heterocycles. The summed E-state index contributed by atoms with van der Waals surface area (Å²) < 4.78 is 0. The molecule has 2 aromatic carbocycles. The van der Waals surface area contributed by atoms with Gasteiger partial charge in [0.1, 0.15) is 5.75 Å². The minimum Gasteiger partial charge on any atom is -0.507 e. The van der Waals surface area contributed by atoms with Gasteiger partial charge in [-0.2, -0.15) is 0 Å². The Morgan fingerprint density at radius 3 is 2.33 bits per heavy atom. The maximum absolute atomic E-state index is 12.2. The minimum atomic E-state index is -0.338. The molecule has 0 bridgehead atoms. The van der Waals surface area contributed by atoms with Gasteiger partial charge >= 0.3 is 0 Å². The lowest BCUT2D eigenvalue weighted by atomic mass is 9.94. The van der Waals surface area contributed by atoms with E-state index < -0.39 is 0 Å². The summed E-state index contributed by atoms with van der Waals surface area (Å²) in [6, 6.07) is 16.8. The molecule has 2 N–H and O–H groups in total. The molecule has 0 aromatic heterocycles. The van der Waals surface area contributed by atoms with Gasteiger partial charge in [0.25, 0.3) is 5.91 Å². The van der Waals surface area contributed by atoms with Gasteiger partial charge in [-0.3, -0.25) is 4.79 Å². The maximum Gasteiger partial charge on any atom is 0.255 e. The van der Waals surface area contributed by atoms with Gasteiger partial charge in [0.2, 0.25) is 0 Å². The number of carbonyl (C=O) groups is 1. The normalized spacial score (nSPS) is 11.1. The molecule has 110 valence electrons. The van der Waals surface area contributed by atoms with Gasteiger partial charge in [0.15, 0.2) is 0 Å². The Labute approximate surface area is 125 Å². The highest BCUT2D eigenvalue weighted by molar-refractivity contribution is 5.97. The SMILES string of the molecule is CC(C)(CCc1ccccc1)NC(=O)c1ccccc1O. The number of aryl methyl sites for hydroxylation is 1. The zero-order valence-electron chi connectivity index (χ0n) is 12.5. The quantitative estimate of drug-likeness (QED) is 0.882. The third-order valence-corrected chi connectivity index (χ3v) is 3.48. The molecule has 0 saturated carbocycles. The monoisotopic (exact) mass is 283 g/mol. The highest BCUT2D eigenvalue weighted by Crippen LogP contribution is 2.19. The number of para-hydroxylation sites is 1. The highest BCUT2D eigenvalue weighted by Gasteiger charge is 2.22. The number of amides is 1. The van der Waals surface area contributed by atoms with Crippen molar-refractivity contribution in [3.05, 3.63) is 65.7 Å². The van der Waals surface area contributed by atoms with Gasteiger partial charge in [-0.05, 0) is 44.4 Å². The number of hydrogen-bond acceptors (Lipinski definition) is 2. The fourth-order valence-corrected chi connectivity index (χ4v) is 2.20. The number of rotatable bonds is 5. The number of phenols is 1. The average Bonchev–Trinajstić information content (AvgIpc) is 2.46. The zero-order valence-corrected chi connectivity index (χ0v) is 12.5. The topological polar surface area (TPSA) is 49.3 Å². The Hall–Kier alpha value is -2.29. The number of benzene rings is 2. The van der Waals surface area contributed by atoms with Gasteiger partial charge in [-0.25, -0.2) is 0 Å². The van der Waals surface area contributed by atoms with Crippen LogP contribution in [0, 0.1) is 0 Å².